The van der Waals surface area contributed by atoms with E-state index in [0.29, 0.717) is 17.3 Å². The number of carbonyl (C=O) groups is 3. The van der Waals surface area contributed by atoms with Crippen molar-refractivity contribution in [2.24, 2.45) is 0 Å². The molecule has 0 aliphatic heterocycles. The first kappa shape index (κ1) is 14.4. The van der Waals surface area contributed by atoms with E-state index in [-0.39, 0.29) is 17.3 Å². The highest BCUT2D eigenvalue weighted by Crippen LogP contribution is 2.19. The van der Waals surface area contributed by atoms with E-state index in [9.17, 15) is 14.4 Å². The van der Waals surface area contributed by atoms with Crippen molar-refractivity contribution in [1.82, 2.24) is 0 Å². The van der Waals surface area contributed by atoms with Crippen LogP contribution in [0.15, 0.2) is 24.3 Å². The number of benzene rings is 1. The minimum Gasteiger partial charge on any atom is -0.480 e. The molecule has 0 fully saturated rings. The molecule has 1 aromatic carbocycles. The summed E-state index contributed by atoms with van der Waals surface area (Å²) in [6, 6.07) is 6.96. The SMILES string of the molecule is CC(=O)SC(CC(=O)c1cccc(C)c1)C(=O)O. The standard InChI is InChI=1S/C13H14O4S/c1-8-4-3-5-10(6-8)11(15)7-12(13(16)17)18-9(2)14/h3-6,12H,7H2,1-2H3,(H,16,17). The van der Waals surface area contributed by atoms with Gasteiger partial charge in [-0.1, -0.05) is 35.5 Å². The minimum atomic E-state index is -1.14. The lowest BCUT2D eigenvalue weighted by Crippen LogP contribution is -2.22. The molecular weight excluding hydrogens is 252 g/mol. The van der Waals surface area contributed by atoms with Crippen LogP contribution in [0.25, 0.3) is 0 Å². The maximum absolute atomic E-state index is 11.9. The van der Waals surface area contributed by atoms with Crippen LogP contribution in [-0.2, 0) is 9.59 Å². The van der Waals surface area contributed by atoms with E-state index in [1.54, 1.807) is 18.2 Å². The van der Waals surface area contributed by atoms with Crippen LogP contribution in [0.2, 0.25) is 0 Å². The molecule has 0 amide bonds. The maximum Gasteiger partial charge on any atom is 0.317 e. The number of hydrogen-bond donors (Lipinski definition) is 1. The van der Waals surface area contributed by atoms with Crippen LogP contribution in [0, 0.1) is 6.92 Å². The second-order valence-electron chi connectivity index (χ2n) is 3.93. The lowest BCUT2D eigenvalue weighted by molar-refractivity contribution is -0.136. The zero-order chi connectivity index (χ0) is 13.7. The van der Waals surface area contributed by atoms with Gasteiger partial charge in [-0.05, 0) is 13.0 Å². The Morgan fingerprint density at radius 3 is 2.50 bits per heavy atom. The van der Waals surface area contributed by atoms with Crippen LogP contribution in [0.4, 0.5) is 0 Å². The number of carboxylic acid groups (broad SMARTS) is 1. The molecule has 5 heteroatoms. The minimum absolute atomic E-state index is 0.178. The smallest absolute Gasteiger partial charge is 0.317 e. The molecule has 96 valence electrons. The van der Waals surface area contributed by atoms with Crippen molar-refractivity contribution >= 4 is 28.6 Å². The number of ketones is 1. The summed E-state index contributed by atoms with van der Waals surface area (Å²) >= 11 is 0.676. The van der Waals surface area contributed by atoms with E-state index in [1.165, 1.54) is 6.92 Å². The van der Waals surface area contributed by atoms with Crippen molar-refractivity contribution in [1.29, 1.82) is 0 Å². The molecule has 4 nitrogen and oxygen atoms in total. The summed E-state index contributed by atoms with van der Waals surface area (Å²) < 4.78 is 0. The van der Waals surface area contributed by atoms with Crippen LogP contribution in [-0.4, -0.2) is 27.2 Å². The van der Waals surface area contributed by atoms with Crippen molar-refractivity contribution in [3.8, 4) is 0 Å². The van der Waals surface area contributed by atoms with Gasteiger partial charge in [0.25, 0.3) is 0 Å². The summed E-state index contributed by atoms with van der Waals surface area (Å²) in [5.74, 6) is -1.41. The zero-order valence-electron chi connectivity index (χ0n) is 10.2. The average Bonchev–Trinajstić information content (AvgIpc) is 2.27. The fourth-order valence-electron chi connectivity index (χ4n) is 1.48. The van der Waals surface area contributed by atoms with Crippen LogP contribution < -0.4 is 0 Å². The first-order chi connectivity index (χ1) is 8.40. The van der Waals surface area contributed by atoms with Gasteiger partial charge in [0.05, 0.1) is 0 Å². The highest BCUT2D eigenvalue weighted by molar-refractivity contribution is 8.14. The number of Topliss-reactive ketones (excluding diaryl/α,β-unsaturated/α-hetero) is 1. The third-order valence-corrected chi connectivity index (χ3v) is 3.28. The number of thioether (sulfide) groups is 1. The summed E-state index contributed by atoms with van der Waals surface area (Å²) in [4.78, 5) is 33.8. The van der Waals surface area contributed by atoms with Crippen molar-refractivity contribution < 1.29 is 19.5 Å². The Morgan fingerprint density at radius 2 is 2.00 bits per heavy atom. The average molecular weight is 266 g/mol. The first-order valence-electron chi connectivity index (χ1n) is 5.40. The summed E-state index contributed by atoms with van der Waals surface area (Å²) in [5, 5.41) is 7.62. The van der Waals surface area contributed by atoms with E-state index in [4.69, 9.17) is 5.11 Å². The van der Waals surface area contributed by atoms with E-state index >= 15 is 0 Å². The van der Waals surface area contributed by atoms with E-state index in [0.717, 1.165) is 5.56 Å². The van der Waals surface area contributed by atoms with Crippen LogP contribution in [0.3, 0.4) is 0 Å². The van der Waals surface area contributed by atoms with Gasteiger partial charge in [-0.25, -0.2) is 0 Å². The first-order valence-corrected chi connectivity index (χ1v) is 6.28. The van der Waals surface area contributed by atoms with Gasteiger partial charge >= 0.3 is 5.97 Å². The van der Waals surface area contributed by atoms with Gasteiger partial charge in [-0.3, -0.25) is 14.4 Å². The third kappa shape index (κ3) is 4.33. The molecule has 18 heavy (non-hydrogen) atoms. The summed E-state index contributed by atoms with van der Waals surface area (Å²) in [6.45, 7) is 3.15. The fraction of sp³-hybridized carbons (Fsp3) is 0.308. The van der Waals surface area contributed by atoms with Gasteiger partial charge in [-0.15, -0.1) is 0 Å². The molecule has 1 N–H and O–H groups in total. The number of rotatable bonds is 5. The van der Waals surface area contributed by atoms with Gasteiger partial charge in [0, 0.05) is 18.9 Å². The molecule has 0 aromatic heterocycles. The monoisotopic (exact) mass is 266 g/mol. The number of hydrogen-bond acceptors (Lipinski definition) is 4. The molecule has 1 atom stereocenters. The second kappa shape index (κ2) is 6.35. The summed E-state index contributed by atoms with van der Waals surface area (Å²) in [6.07, 6.45) is -0.178. The lowest BCUT2D eigenvalue weighted by atomic mass is 10.0. The third-order valence-electron chi connectivity index (χ3n) is 2.29. The quantitative estimate of drug-likeness (QED) is 0.828. The van der Waals surface area contributed by atoms with E-state index in [1.807, 2.05) is 13.0 Å². The molecule has 0 radical (unpaired) electrons. The number of carbonyl (C=O) groups excluding carboxylic acids is 2. The van der Waals surface area contributed by atoms with Gasteiger partial charge in [0.15, 0.2) is 10.9 Å². The molecule has 1 rings (SSSR count). The van der Waals surface area contributed by atoms with Crippen molar-refractivity contribution in [2.45, 2.75) is 25.5 Å². The summed E-state index contributed by atoms with van der Waals surface area (Å²) in [7, 11) is 0. The zero-order valence-corrected chi connectivity index (χ0v) is 11.0. The van der Waals surface area contributed by atoms with Crippen LogP contribution >= 0.6 is 11.8 Å². The molecule has 1 unspecified atom stereocenters. The summed E-state index contributed by atoms with van der Waals surface area (Å²) in [5.41, 5.74) is 1.41. The maximum atomic E-state index is 11.9. The molecule has 0 aliphatic carbocycles. The molecule has 0 aliphatic rings. The molecule has 0 saturated heterocycles. The fourth-order valence-corrected chi connectivity index (χ4v) is 2.22. The topological polar surface area (TPSA) is 71.4 Å². The number of aryl methyl sites for hydroxylation is 1. The van der Waals surface area contributed by atoms with Gasteiger partial charge in [-0.2, -0.15) is 0 Å². The molecular formula is C13H14O4S. The predicted molar refractivity (Wildman–Crippen MR) is 69.8 cm³/mol. The van der Waals surface area contributed by atoms with Gasteiger partial charge in [0.2, 0.25) is 0 Å². The molecule has 0 spiro atoms. The number of aliphatic carboxylic acids is 1. The van der Waals surface area contributed by atoms with Crippen molar-refractivity contribution in [3.05, 3.63) is 35.4 Å². The van der Waals surface area contributed by atoms with Crippen molar-refractivity contribution in [3.63, 3.8) is 0 Å². The van der Waals surface area contributed by atoms with E-state index < -0.39 is 11.2 Å². The van der Waals surface area contributed by atoms with E-state index in [2.05, 4.69) is 0 Å². The molecule has 0 saturated carbocycles. The Labute approximate surface area is 109 Å². The Morgan fingerprint density at radius 1 is 1.33 bits per heavy atom. The van der Waals surface area contributed by atoms with Gasteiger partial charge in [0.1, 0.15) is 5.25 Å². The Bertz CT molecular complexity index is 482. The normalized spacial score (nSPS) is 11.9. The Balaban J connectivity index is 2.78. The predicted octanol–water partition coefficient (Wildman–Crippen LogP) is 2.30. The highest BCUT2D eigenvalue weighted by atomic mass is 32.2. The Kier molecular flexibility index (Phi) is 5.09. The van der Waals surface area contributed by atoms with Crippen LogP contribution in [0.5, 0.6) is 0 Å². The molecule has 0 heterocycles. The molecule has 1 aromatic rings. The molecule has 0 bridgehead atoms. The van der Waals surface area contributed by atoms with Gasteiger partial charge < -0.3 is 5.11 Å². The second-order valence-corrected chi connectivity index (χ2v) is 5.31. The van der Waals surface area contributed by atoms with Crippen molar-refractivity contribution in [2.75, 3.05) is 0 Å². The lowest BCUT2D eigenvalue weighted by Gasteiger charge is -2.09. The Hall–Kier alpha value is -1.62. The highest BCUT2D eigenvalue weighted by Gasteiger charge is 2.24. The largest absolute Gasteiger partial charge is 0.480 e. The van der Waals surface area contributed by atoms with Crippen LogP contribution in [0.1, 0.15) is 29.3 Å². The number of carboxylic acids is 1.